The second kappa shape index (κ2) is 6.30. The molecule has 1 aromatic carbocycles. The van der Waals surface area contributed by atoms with Crippen molar-refractivity contribution >= 4 is 9.84 Å². The first-order valence-electron chi connectivity index (χ1n) is 8.19. The maximum absolute atomic E-state index is 11.5. The van der Waals surface area contributed by atoms with Crippen molar-refractivity contribution in [2.24, 2.45) is 5.41 Å². The quantitative estimate of drug-likeness (QED) is 0.925. The zero-order valence-corrected chi connectivity index (χ0v) is 14.2. The van der Waals surface area contributed by atoms with Gasteiger partial charge in [0.25, 0.3) is 0 Å². The third-order valence-electron chi connectivity index (χ3n) is 5.34. The van der Waals surface area contributed by atoms with Crippen LogP contribution in [0.1, 0.15) is 31.2 Å². The molecular formula is C17H26N2O2S. The number of benzene rings is 1. The number of hydrogen-bond acceptors (Lipinski definition) is 4. The molecule has 1 N–H and O–H groups in total. The van der Waals surface area contributed by atoms with E-state index < -0.39 is 9.84 Å². The van der Waals surface area contributed by atoms with E-state index in [1.807, 2.05) is 12.1 Å². The predicted octanol–water partition coefficient (Wildman–Crippen LogP) is 2.06. The summed E-state index contributed by atoms with van der Waals surface area (Å²) in [6.07, 6.45) is 6.51. The first-order chi connectivity index (χ1) is 10.5. The van der Waals surface area contributed by atoms with Crippen LogP contribution in [0.15, 0.2) is 29.2 Å². The van der Waals surface area contributed by atoms with Crippen molar-refractivity contribution in [1.82, 2.24) is 10.2 Å². The molecule has 0 aromatic heterocycles. The Morgan fingerprint density at radius 1 is 1.05 bits per heavy atom. The van der Waals surface area contributed by atoms with Crippen LogP contribution in [0, 0.1) is 5.41 Å². The SMILES string of the molecule is CS(=O)(=O)c1ccc(CN2CCC3(CCNCC3)CC2)cc1. The number of nitrogens with one attached hydrogen (secondary N) is 1. The van der Waals surface area contributed by atoms with E-state index in [1.54, 1.807) is 12.1 Å². The molecule has 0 atom stereocenters. The molecule has 5 heteroatoms. The fraction of sp³-hybridized carbons (Fsp3) is 0.647. The minimum Gasteiger partial charge on any atom is -0.317 e. The summed E-state index contributed by atoms with van der Waals surface area (Å²) in [6, 6.07) is 7.35. The van der Waals surface area contributed by atoms with Crippen LogP contribution in [-0.4, -0.2) is 45.8 Å². The molecule has 2 aliphatic heterocycles. The van der Waals surface area contributed by atoms with Gasteiger partial charge in [0.05, 0.1) is 4.90 Å². The van der Waals surface area contributed by atoms with Crippen molar-refractivity contribution in [3.8, 4) is 0 Å². The molecular weight excluding hydrogens is 296 g/mol. The lowest BCUT2D eigenvalue weighted by Crippen LogP contribution is -2.45. The van der Waals surface area contributed by atoms with Gasteiger partial charge in [-0.3, -0.25) is 4.90 Å². The van der Waals surface area contributed by atoms with Crippen LogP contribution in [0.3, 0.4) is 0 Å². The van der Waals surface area contributed by atoms with Crippen molar-refractivity contribution < 1.29 is 8.42 Å². The Labute approximate surface area is 133 Å². The van der Waals surface area contributed by atoms with Crippen LogP contribution in [0.2, 0.25) is 0 Å². The number of sulfone groups is 1. The van der Waals surface area contributed by atoms with Crippen LogP contribution in [0.4, 0.5) is 0 Å². The van der Waals surface area contributed by atoms with Gasteiger partial charge < -0.3 is 5.32 Å². The Morgan fingerprint density at radius 3 is 2.18 bits per heavy atom. The number of rotatable bonds is 3. The molecule has 2 fully saturated rings. The molecule has 2 aliphatic rings. The van der Waals surface area contributed by atoms with Crippen LogP contribution < -0.4 is 5.32 Å². The summed E-state index contributed by atoms with van der Waals surface area (Å²) in [4.78, 5) is 2.91. The molecule has 4 nitrogen and oxygen atoms in total. The normalized spacial score (nSPS) is 22.8. The summed E-state index contributed by atoms with van der Waals surface area (Å²) in [5.74, 6) is 0. The fourth-order valence-electron chi connectivity index (χ4n) is 3.74. The van der Waals surface area contributed by atoms with E-state index >= 15 is 0 Å². The molecule has 2 heterocycles. The smallest absolute Gasteiger partial charge is 0.175 e. The summed E-state index contributed by atoms with van der Waals surface area (Å²) >= 11 is 0. The molecule has 3 rings (SSSR count). The van der Waals surface area contributed by atoms with E-state index in [9.17, 15) is 8.42 Å². The average Bonchev–Trinajstić information content (AvgIpc) is 2.50. The molecule has 0 bridgehead atoms. The van der Waals surface area contributed by atoms with Gasteiger partial charge in [0.1, 0.15) is 0 Å². The zero-order valence-electron chi connectivity index (χ0n) is 13.3. The lowest BCUT2D eigenvalue weighted by molar-refractivity contribution is 0.0701. The van der Waals surface area contributed by atoms with Crippen LogP contribution in [0.25, 0.3) is 0 Å². The van der Waals surface area contributed by atoms with Gasteiger partial charge in [0, 0.05) is 12.8 Å². The maximum Gasteiger partial charge on any atom is 0.175 e. The number of nitrogens with zero attached hydrogens (tertiary/aromatic N) is 1. The molecule has 22 heavy (non-hydrogen) atoms. The van der Waals surface area contributed by atoms with Gasteiger partial charge in [0.15, 0.2) is 9.84 Å². The Hall–Kier alpha value is -0.910. The molecule has 0 saturated carbocycles. The largest absolute Gasteiger partial charge is 0.317 e. The Bertz CT molecular complexity index is 594. The molecule has 0 amide bonds. The minimum absolute atomic E-state index is 0.406. The third-order valence-corrected chi connectivity index (χ3v) is 6.47. The number of hydrogen-bond donors (Lipinski definition) is 1. The highest BCUT2D eigenvalue weighted by Crippen LogP contribution is 2.39. The molecule has 0 radical (unpaired) electrons. The zero-order chi connectivity index (χ0) is 15.6. The van der Waals surface area contributed by atoms with E-state index in [4.69, 9.17) is 0 Å². The van der Waals surface area contributed by atoms with Gasteiger partial charge in [-0.2, -0.15) is 0 Å². The standard InChI is InChI=1S/C17H26N2O2S/c1-22(20,21)16-4-2-15(3-5-16)14-19-12-8-17(9-13-19)6-10-18-11-7-17/h2-5,18H,6-14H2,1H3. The number of likely N-dealkylation sites (tertiary alicyclic amines) is 1. The second-order valence-electron chi connectivity index (χ2n) is 6.94. The van der Waals surface area contributed by atoms with Crippen molar-refractivity contribution in [3.05, 3.63) is 29.8 Å². The summed E-state index contributed by atoms with van der Waals surface area (Å²) in [5, 5.41) is 3.46. The van der Waals surface area contributed by atoms with Crippen LogP contribution in [-0.2, 0) is 16.4 Å². The molecule has 1 spiro atoms. The van der Waals surface area contributed by atoms with E-state index in [0.29, 0.717) is 10.3 Å². The maximum atomic E-state index is 11.5. The van der Waals surface area contributed by atoms with Gasteiger partial charge in [-0.05, 0) is 75.0 Å². The molecule has 0 unspecified atom stereocenters. The van der Waals surface area contributed by atoms with Crippen molar-refractivity contribution in [2.45, 2.75) is 37.1 Å². The van der Waals surface area contributed by atoms with Crippen LogP contribution >= 0.6 is 0 Å². The highest BCUT2D eigenvalue weighted by atomic mass is 32.2. The summed E-state index contributed by atoms with van der Waals surface area (Å²) in [6.45, 7) is 5.60. The molecule has 1 aromatic rings. The van der Waals surface area contributed by atoms with E-state index in [1.165, 1.54) is 50.6 Å². The van der Waals surface area contributed by atoms with Crippen molar-refractivity contribution in [1.29, 1.82) is 0 Å². The van der Waals surface area contributed by atoms with E-state index in [0.717, 1.165) is 19.6 Å². The minimum atomic E-state index is -3.09. The van der Waals surface area contributed by atoms with Gasteiger partial charge in [0.2, 0.25) is 0 Å². The topological polar surface area (TPSA) is 49.4 Å². The second-order valence-corrected chi connectivity index (χ2v) is 8.96. The van der Waals surface area contributed by atoms with Crippen molar-refractivity contribution in [2.75, 3.05) is 32.4 Å². The Balaban J connectivity index is 1.56. The predicted molar refractivity (Wildman–Crippen MR) is 88.6 cm³/mol. The fourth-order valence-corrected chi connectivity index (χ4v) is 4.37. The molecule has 2 saturated heterocycles. The summed E-state index contributed by atoms with van der Waals surface area (Å²) < 4.78 is 23.0. The molecule has 0 aliphatic carbocycles. The van der Waals surface area contributed by atoms with Crippen LogP contribution in [0.5, 0.6) is 0 Å². The Kier molecular flexibility index (Phi) is 4.57. The highest BCUT2D eigenvalue weighted by molar-refractivity contribution is 7.90. The third kappa shape index (κ3) is 3.70. The average molecular weight is 322 g/mol. The summed E-state index contributed by atoms with van der Waals surface area (Å²) in [7, 11) is -3.09. The van der Waals surface area contributed by atoms with Crippen molar-refractivity contribution in [3.63, 3.8) is 0 Å². The van der Waals surface area contributed by atoms with Gasteiger partial charge >= 0.3 is 0 Å². The van der Waals surface area contributed by atoms with E-state index in [-0.39, 0.29) is 0 Å². The monoisotopic (exact) mass is 322 g/mol. The number of piperidine rings is 2. The first kappa shape index (κ1) is 16.0. The lowest BCUT2D eigenvalue weighted by atomic mass is 9.71. The van der Waals surface area contributed by atoms with Gasteiger partial charge in [-0.25, -0.2) is 8.42 Å². The molecule has 122 valence electrons. The lowest BCUT2D eigenvalue weighted by Gasteiger charge is -2.44. The van der Waals surface area contributed by atoms with Gasteiger partial charge in [-0.1, -0.05) is 12.1 Å². The summed E-state index contributed by atoms with van der Waals surface area (Å²) in [5.41, 5.74) is 1.79. The van der Waals surface area contributed by atoms with E-state index in [2.05, 4.69) is 10.2 Å². The Morgan fingerprint density at radius 2 is 1.64 bits per heavy atom. The highest BCUT2D eigenvalue weighted by Gasteiger charge is 2.35. The first-order valence-corrected chi connectivity index (χ1v) is 10.1. The van der Waals surface area contributed by atoms with Gasteiger partial charge in [-0.15, -0.1) is 0 Å².